The van der Waals surface area contributed by atoms with Gasteiger partial charge in [-0.15, -0.1) is 0 Å². The molecule has 6 rings (SSSR count). The number of pyridine rings is 2. The second kappa shape index (κ2) is 10.2. The minimum atomic E-state index is 1.04. The van der Waals surface area contributed by atoms with Crippen LogP contribution in [0.5, 0.6) is 0 Å². The van der Waals surface area contributed by atoms with Crippen molar-refractivity contribution in [3.05, 3.63) is 138 Å². The average molecular weight is 482 g/mol. The number of benzene rings is 3. The Morgan fingerprint density at radius 1 is 0.568 bits per heavy atom. The zero-order valence-electron chi connectivity index (χ0n) is 21.2. The topological polar surface area (TPSA) is 11.0 Å². The van der Waals surface area contributed by atoms with Crippen molar-refractivity contribution >= 4 is 29.2 Å². The van der Waals surface area contributed by atoms with E-state index < -0.39 is 0 Å². The van der Waals surface area contributed by atoms with E-state index in [4.69, 9.17) is 0 Å². The predicted octanol–water partition coefficient (Wildman–Crippen LogP) is 7.28. The maximum absolute atomic E-state index is 2.38. The van der Waals surface area contributed by atoms with E-state index in [9.17, 15) is 0 Å². The normalized spacial score (nSPS) is 12.6. The van der Waals surface area contributed by atoms with Crippen LogP contribution in [-0.2, 0) is 13.1 Å². The summed E-state index contributed by atoms with van der Waals surface area (Å²) in [4.78, 5) is 2.29. The molecule has 1 aliphatic heterocycles. The highest BCUT2D eigenvalue weighted by molar-refractivity contribution is 5.78. The average Bonchev–Trinajstić information content (AvgIpc) is 3.13. The van der Waals surface area contributed by atoms with Crippen molar-refractivity contribution in [3.63, 3.8) is 0 Å². The smallest absolute Gasteiger partial charge is 0.277 e. The Morgan fingerprint density at radius 3 is 1.76 bits per heavy atom. The molecule has 0 bridgehead atoms. The highest BCUT2D eigenvalue weighted by Gasteiger charge is 2.26. The molecule has 0 unspecified atom stereocenters. The Morgan fingerprint density at radius 2 is 1.11 bits per heavy atom. The molecule has 3 nitrogen and oxygen atoms in total. The van der Waals surface area contributed by atoms with E-state index >= 15 is 0 Å². The number of hydrogen-bond acceptors (Lipinski definition) is 1. The molecule has 3 aromatic carbocycles. The van der Waals surface area contributed by atoms with Gasteiger partial charge in [-0.1, -0.05) is 60.7 Å². The fourth-order valence-corrected chi connectivity index (χ4v) is 5.06. The van der Waals surface area contributed by atoms with Crippen LogP contribution in [0.25, 0.3) is 23.5 Å². The van der Waals surface area contributed by atoms with Gasteiger partial charge >= 0.3 is 0 Å². The summed E-state index contributed by atoms with van der Waals surface area (Å²) in [6.07, 6.45) is 10.0. The minimum Gasteiger partial charge on any atom is -0.311 e. The van der Waals surface area contributed by atoms with Gasteiger partial charge in [0.2, 0.25) is 0 Å². The molecule has 0 amide bonds. The standard InChI is InChI=1S/C34H31N3/c1-27-19-23-35-21-8-22-36-24-20-29(26-34(36)33(35)25-27)14-13-28-15-17-32(18-16-28)37(30-9-4-2-5-10-30)31-11-6-3-7-12-31/h2-7,9-20,23-26H,8,21-22H2,1H3/q+2. The number of para-hydroxylation sites is 2. The first-order chi connectivity index (χ1) is 18.2. The molecule has 0 fully saturated rings. The lowest BCUT2D eigenvalue weighted by Crippen LogP contribution is -2.37. The van der Waals surface area contributed by atoms with Gasteiger partial charge in [0.1, 0.15) is 0 Å². The molecule has 0 radical (unpaired) electrons. The van der Waals surface area contributed by atoms with Crippen LogP contribution in [-0.4, -0.2) is 0 Å². The van der Waals surface area contributed by atoms with Crippen molar-refractivity contribution < 1.29 is 9.13 Å². The molecule has 5 aromatic rings. The summed E-state index contributed by atoms with van der Waals surface area (Å²) in [5.41, 5.74) is 9.68. The van der Waals surface area contributed by atoms with Gasteiger partial charge in [0.05, 0.1) is 6.42 Å². The third-order valence-electron chi connectivity index (χ3n) is 6.96. The molecule has 0 atom stereocenters. The van der Waals surface area contributed by atoms with Gasteiger partial charge in [0.15, 0.2) is 25.5 Å². The molecule has 0 saturated heterocycles. The summed E-state index contributed by atoms with van der Waals surface area (Å²) >= 11 is 0. The monoisotopic (exact) mass is 481 g/mol. The van der Waals surface area contributed by atoms with E-state index in [2.05, 4.69) is 155 Å². The van der Waals surface area contributed by atoms with E-state index in [1.807, 2.05) is 0 Å². The lowest BCUT2D eigenvalue weighted by Gasteiger charge is -2.25. The Labute approximate surface area is 219 Å². The van der Waals surface area contributed by atoms with Crippen LogP contribution in [0.4, 0.5) is 17.1 Å². The van der Waals surface area contributed by atoms with Crippen LogP contribution in [0.3, 0.4) is 0 Å². The molecule has 37 heavy (non-hydrogen) atoms. The van der Waals surface area contributed by atoms with Crippen LogP contribution in [0.1, 0.15) is 23.1 Å². The molecule has 180 valence electrons. The molecule has 0 N–H and O–H groups in total. The molecule has 1 aliphatic rings. The van der Waals surface area contributed by atoms with E-state index in [-0.39, 0.29) is 0 Å². The van der Waals surface area contributed by atoms with Crippen molar-refractivity contribution in [2.24, 2.45) is 0 Å². The number of hydrogen-bond donors (Lipinski definition) is 0. The van der Waals surface area contributed by atoms with Crippen LogP contribution in [0, 0.1) is 6.92 Å². The van der Waals surface area contributed by atoms with Crippen LogP contribution < -0.4 is 14.0 Å². The number of nitrogens with zero attached hydrogens (tertiary/aromatic N) is 3. The molecule has 2 aromatic heterocycles. The van der Waals surface area contributed by atoms with Crippen molar-refractivity contribution in [2.45, 2.75) is 26.4 Å². The van der Waals surface area contributed by atoms with E-state index in [0.717, 1.165) is 36.6 Å². The number of aromatic nitrogens is 2. The van der Waals surface area contributed by atoms with Gasteiger partial charge in [-0.25, -0.2) is 0 Å². The minimum absolute atomic E-state index is 1.04. The number of aryl methyl sites for hydroxylation is 3. The zero-order chi connectivity index (χ0) is 25.0. The van der Waals surface area contributed by atoms with Gasteiger partial charge in [0, 0.05) is 41.3 Å². The Hall–Kier alpha value is -4.50. The van der Waals surface area contributed by atoms with E-state index in [0.29, 0.717) is 0 Å². The Balaban J connectivity index is 1.29. The fourth-order valence-electron chi connectivity index (χ4n) is 5.06. The SMILES string of the molecule is Cc1cc[n+]2c(c1)-c1cc(/C=C/c3ccc(N(c4ccccc4)c4ccccc4)cc3)cc[n+]1CCC2. The fraction of sp³-hybridized carbons (Fsp3) is 0.118. The van der Waals surface area contributed by atoms with Gasteiger partial charge in [-0.05, 0) is 60.0 Å². The quantitative estimate of drug-likeness (QED) is 0.240. The van der Waals surface area contributed by atoms with E-state index in [1.165, 1.54) is 28.1 Å². The van der Waals surface area contributed by atoms with E-state index in [1.54, 1.807) is 0 Å². The molecule has 3 heterocycles. The summed E-state index contributed by atoms with van der Waals surface area (Å²) in [5.74, 6) is 0. The second-order valence-electron chi connectivity index (χ2n) is 9.61. The Kier molecular flexibility index (Phi) is 6.35. The molecular formula is C34H31N3+2. The molecule has 0 aliphatic carbocycles. The first-order valence-electron chi connectivity index (χ1n) is 13.0. The summed E-state index contributed by atoms with van der Waals surface area (Å²) in [7, 11) is 0. The van der Waals surface area contributed by atoms with Gasteiger partial charge in [0.25, 0.3) is 11.4 Å². The molecular weight excluding hydrogens is 450 g/mol. The summed E-state index contributed by atoms with van der Waals surface area (Å²) < 4.78 is 4.76. The molecule has 0 saturated carbocycles. The Bertz CT molecular complexity index is 1500. The molecule has 3 heteroatoms. The number of fused-ring (bicyclic) bond motifs is 3. The highest BCUT2D eigenvalue weighted by atomic mass is 15.1. The van der Waals surface area contributed by atoms with Gasteiger partial charge in [-0.3, -0.25) is 0 Å². The number of rotatable bonds is 5. The second-order valence-corrected chi connectivity index (χ2v) is 9.61. The van der Waals surface area contributed by atoms with Crippen LogP contribution >= 0.6 is 0 Å². The lowest BCUT2D eigenvalue weighted by atomic mass is 10.1. The largest absolute Gasteiger partial charge is 0.311 e. The van der Waals surface area contributed by atoms with Crippen molar-refractivity contribution in [3.8, 4) is 11.4 Å². The summed E-state index contributed by atoms with van der Waals surface area (Å²) in [6.45, 7) is 4.26. The first kappa shape index (κ1) is 22.9. The van der Waals surface area contributed by atoms with Gasteiger partial charge in [-0.2, -0.15) is 9.13 Å². The zero-order valence-corrected chi connectivity index (χ0v) is 21.2. The highest BCUT2D eigenvalue weighted by Crippen LogP contribution is 2.34. The van der Waals surface area contributed by atoms with Crippen molar-refractivity contribution in [2.75, 3.05) is 4.90 Å². The predicted molar refractivity (Wildman–Crippen MR) is 152 cm³/mol. The third-order valence-corrected chi connectivity index (χ3v) is 6.96. The van der Waals surface area contributed by atoms with Crippen LogP contribution in [0.15, 0.2) is 122 Å². The molecule has 0 spiro atoms. The van der Waals surface area contributed by atoms with Crippen molar-refractivity contribution in [1.29, 1.82) is 0 Å². The lowest BCUT2D eigenvalue weighted by molar-refractivity contribution is -0.688. The van der Waals surface area contributed by atoms with Crippen molar-refractivity contribution in [1.82, 2.24) is 0 Å². The maximum atomic E-state index is 2.38. The summed E-state index contributed by atoms with van der Waals surface area (Å²) in [5, 5.41) is 0. The van der Waals surface area contributed by atoms with Crippen LogP contribution in [0.2, 0.25) is 0 Å². The first-order valence-corrected chi connectivity index (χ1v) is 13.0. The summed E-state index contributed by atoms with van der Waals surface area (Å²) in [6, 6.07) is 38.8. The number of anilines is 3. The van der Waals surface area contributed by atoms with Gasteiger partial charge < -0.3 is 4.90 Å². The third kappa shape index (κ3) is 4.94. The maximum Gasteiger partial charge on any atom is 0.277 e.